The van der Waals surface area contributed by atoms with E-state index in [0.717, 1.165) is 36.8 Å². The second kappa shape index (κ2) is 7.24. The molecule has 0 bridgehead atoms. The number of rotatable bonds is 6. The van der Waals surface area contributed by atoms with Gasteiger partial charge in [-0.05, 0) is 25.0 Å². The molecule has 1 aromatic heterocycles. The molecule has 2 rings (SSSR count). The minimum absolute atomic E-state index is 0.0912. The normalized spacial score (nSPS) is 17.7. The standard InChI is InChI=1S/C13H18ClNO3S/c14-12-2-1-11(19-12)9-15-6-3-10(4-7-15)18-8-5-13(16)17/h1-2,10H,3-9H2,(H,16,17). The molecule has 0 radical (unpaired) electrons. The van der Waals surface area contributed by atoms with Gasteiger partial charge in [-0.3, -0.25) is 9.69 Å². The summed E-state index contributed by atoms with van der Waals surface area (Å²) in [5.41, 5.74) is 0. The summed E-state index contributed by atoms with van der Waals surface area (Å²) in [7, 11) is 0. The van der Waals surface area contributed by atoms with Crippen molar-refractivity contribution in [2.24, 2.45) is 0 Å². The van der Waals surface area contributed by atoms with Crippen LogP contribution in [0.25, 0.3) is 0 Å². The number of nitrogens with zero attached hydrogens (tertiary/aromatic N) is 1. The molecule has 4 nitrogen and oxygen atoms in total. The Balaban J connectivity index is 1.66. The summed E-state index contributed by atoms with van der Waals surface area (Å²) in [6.45, 7) is 3.25. The minimum Gasteiger partial charge on any atom is -0.481 e. The van der Waals surface area contributed by atoms with E-state index in [2.05, 4.69) is 11.0 Å². The minimum atomic E-state index is -0.799. The van der Waals surface area contributed by atoms with Gasteiger partial charge in [0, 0.05) is 24.5 Å². The predicted molar refractivity (Wildman–Crippen MR) is 75.8 cm³/mol. The Kier molecular flexibility index (Phi) is 5.63. The Morgan fingerprint density at radius 2 is 2.21 bits per heavy atom. The van der Waals surface area contributed by atoms with E-state index in [-0.39, 0.29) is 12.5 Å². The van der Waals surface area contributed by atoms with Crippen molar-refractivity contribution in [3.63, 3.8) is 0 Å². The molecular formula is C13H18ClNO3S. The van der Waals surface area contributed by atoms with Crippen molar-refractivity contribution in [2.45, 2.75) is 31.9 Å². The van der Waals surface area contributed by atoms with Crippen LogP contribution in [0, 0.1) is 0 Å². The van der Waals surface area contributed by atoms with Gasteiger partial charge in [0.1, 0.15) is 0 Å². The lowest BCUT2D eigenvalue weighted by Crippen LogP contribution is -2.36. The molecule has 1 fully saturated rings. The highest BCUT2D eigenvalue weighted by atomic mass is 35.5. The molecule has 0 saturated carbocycles. The van der Waals surface area contributed by atoms with Gasteiger partial charge in [0.2, 0.25) is 0 Å². The molecular weight excluding hydrogens is 286 g/mol. The number of hydrogen-bond acceptors (Lipinski definition) is 4. The number of carboxylic acids is 1. The summed E-state index contributed by atoms with van der Waals surface area (Å²) in [6.07, 6.45) is 2.24. The monoisotopic (exact) mass is 303 g/mol. The van der Waals surface area contributed by atoms with Gasteiger partial charge in [0.05, 0.1) is 23.5 Å². The number of aliphatic carboxylic acids is 1. The van der Waals surface area contributed by atoms with Crippen molar-refractivity contribution in [3.8, 4) is 0 Å². The van der Waals surface area contributed by atoms with Crippen LogP contribution in [0.4, 0.5) is 0 Å². The van der Waals surface area contributed by atoms with Crippen molar-refractivity contribution in [3.05, 3.63) is 21.3 Å². The molecule has 6 heteroatoms. The van der Waals surface area contributed by atoms with E-state index in [9.17, 15) is 4.79 Å². The van der Waals surface area contributed by atoms with E-state index in [1.165, 1.54) is 4.88 Å². The molecule has 2 heterocycles. The van der Waals surface area contributed by atoms with Crippen LogP contribution in [-0.4, -0.2) is 41.8 Å². The molecule has 1 aliphatic rings. The van der Waals surface area contributed by atoms with Gasteiger partial charge < -0.3 is 9.84 Å². The Labute approximate surface area is 121 Å². The average molecular weight is 304 g/mol. The first-order valence-electron chi connectivity index (χ1n) is 6.43. The Morgan fingerprint density at radius 1 is 1.47 bits per heavy atom. The molecule has 19 heavy (non-hydrogen) atoms. The molecule has 1 aromatic rings. The van der Waals surface area contributed by atoms with Crippen molar-refractivity contribution < 1.29 is 14.6 Å². The number of thiophene rings is 1. The third-order valence-electron chi connectivity index (χ3n) is 3.21. The third kappa shape index (κ3) is 5.10. The number of ether oxygens (including phenoxy) is 1. The highest BCUT2D eigenvalue weighted by Crippen LogP contribution is 2.24. The number of piperidine rings is 1. The molecule has 0 amide bonds. The number of carbonyl (C=O) groups is 1. The van der Waals surface area contributed by atoms with Crippen LogP contribution in [0.5, 0.6) is 0 Å². The van der Waals surface area contributed by atoms with Gasteiger partial charge in [-0.15, -0.1) is 11.3 Å². The van der Waals surface area contributed by atoms with E-state index in [1.54, 1.807) is 11.3 Å². The fraction of sp³-hybridized carbons (Fsp3) is 0.615. The zero-order valence-electron chi connectivity index (χ0n) is 10.7. The lowest BCUT2D eigenvalue weighted by molar-refractivity contribution is -0.138. The smallest absolute Gasteiger partial charge is 0.305 e. The maximum atomic E-state index is 10.4. The van der Waals surface area contributed by atoms with Crippen LogP contribution < -0.4 is 0 Å². The predicted octanol–water partition coefficient (Wildman–Crippen LogP) is 2.86. The van der Waals surface area contributed by atoms with Crippen LogP contribution in [0.1, 0.15) is 24.1 Å². The maximum absolute atomic E-state index is 10.4. The van der Waals surface area contributed by atoms with Gasteiger partial charge in [-0.1, -0.05) is 11.6 Å². The zero-order valence-corrected chi connectivity index (χ0v) is 12.3. The number of carboxylic acid groups (broad SMARTS) is 1. The topological polar surface area (TPSA) is 49.8 Å². The van der Waals surface area contributed by atoms with E-state index >= 15 is 0 Å². The van der Waals surface area contributed by atoms with Crippen LogP contribution >= 0.6 is 22.9 Å². The van der Waals surface area contributed by atoms with Gasteiger partial charge >= 0.3 is 5.97 Å². The van der Waals surface area contributed by atoms with Crippen LogP contribution in [0.2, 0.25) is 4.34 Å². The van der Waals surface area contributed by atoms with Crippen molar-refractivity contribution >= 4 is 28.9 Å². The van der Waals surface area contributed by atoms with Gasteiger partial charge in [-0.2, -0.15) is 0 Å². The number of halogens is 1. The summed E-state index contributed by atoms with van der Waals surface area (Å²) >= 11 is 7.54. The van der Waals surface area contributed by atoms with Crippen LogP contribution in [0.3, 0.4) is 0 Å². The quantitative estimate of drug-likeness (QED) is 0.878. The van der Waals surface area contributed by atoms with E-state index in [4.69, 9.17) is 21.4 Å². The SMILES string of the molecule is O=C(O)CCOC1CCN(Cc2ccc(Cl)s2)CC1. The second-order valence-electron chi connectivity index (χ2n) is 4.70. The van der Waals surface area contributed by atoms with Crippen LogP contribution in [-0.2, 0) is 16.1 Å². The molecule has 106 valence electrons. The zero-order chi connectivity index (χ0) is 13.7. The van der Waals surface area contributed by atoms with Gasteiger partial charge in [0.25, 0.3) is 0 Å². The Hall–Kier alpha value is -0.620. The first-order valence-corrected chi connectivity index (χ1v) is 7.63. The fourth-order valence-electron chi connectivity index (χ4n) is 2.20. The highest BCUT2D eigenvalue weighted by Gasteiger charge is 2.20. The van der Waals surface area contributed by atoms with Crippen molar-refractivity contribution in [1.29, 1.82) is 0 Å². The largest absolute Gasteiger partial charge is 0.481 e. The molecule has 0 aromatic carbocycles. The third-order valence-corrected chi connectivity index (χ3v) is 4.43. The highest BCUT2D eigenvalue weighted by molar-refractivity contribution is 7.16. The fourth-order valence-corrected chi connectivity index (χ4v) is 3.33. The molecule has 0 aliphatic carbocycles. The molecule has 0 unspecified atom stereocenters. The summed E-state index contributed by atoms with van der Waals surface area (Å²) in [5, 5.41) is 8.55. The van der Waals surface area contributed by atoms with Gasteiger partial charge in [0.15, 0.2) is 0 Å². The first kappa shape index (κ1) is 14.8. The molecule has 1 aliphatic heterocycles. The Bertz CT molecular complexity index is 416. The lowest BCUT2D eigenvalue weighted by Gasteiger charge is -2.31. The summed E-state index contributed by atoms with van der Waals surface area (Å²) in [4.78, 5) is 14.1. The Morgan fingerprint density at radius 3 is 2.79 bits per heavy atom. The molecule has 0 atom stereocenters. The van der Waals surface area contributed by atoms with E-state index in [0.29, 0.717) is 6.61 Å². The van der Waals surface area contributed by atoms with Crippen LogP contribution in [0.15, 0.2) is 12.1 Å². The average Bonchev–Trinajstić information content (AvgIpc) is 2.77. The second-order valence-corrected chi connectivity index (χ2v) is 6.50. The molecule has 0 spiro atoms. The number of hydrogen-bond donors (Lipinski definition) is 1. The van der Waals surface area contributed by atoms with E-state index in [1.807, 2.05) is 6.07 Å². The molecule has 1 saturated heterocycles. The number of likely N-dealkylation sites (tertiary alicyclic amines) is 1. The van der Waals surface area contributed by atoms with Gasteiger partial charge in [-0.25, -0.2) is 0 Å². The summed E-state index contributed by atoms with van der Waals surface area (Å²) in [5.74, 6) is -0.799. The maximum Gasteiger partial charge on any atom is 0.305 e. The van der Waals surface area contributed by atoms with Crippen molar-refractivity contribution in [1.82, 2.24) is 4.90 Å². The van der Waals surface area contributed by atoms with Crippen molar-refractivity contribution in [2.75, 3.05) is 19.7 Å². The summed E-state index contributed by atoms with van der Waals surface area (Å²) < 4.78 is 6.41. The summed E-state index contributed by atoms with van der Waals surface area (Å²) in [6, 6.07) is 4.01. The lowest BCUT2D eigenvalue weighted by atomic mass is 10.1. The molecule has 1 N–H and O–H groups in total. The first-order chi connectivity index (χ1) is 9.13. The van der Waals surface area contributed by atoms with E-state index < -0.39 is 5.97 Å².